The molecule has 0 spiro atoms. The molecule has 8 heterocycles. The fourth-order valence-corrected chi connectivity index (χ4v) is 9.64. The van der Waals surface area contributed by atoms with E-state index in [1.54, 1.807) is 115 Å². The van der Waals surface area contributed by atoms with Gasteiger partial charge in [-0.15, -0.1) is 0 Å². The van der Waals surface area contributed by atoms with Crippen LogP contribution in [0.2, 0.25) is 0 Å². The monoisotopic (exact) mass is 1260 g/mol. The molecule has 482 valence electrons. The van der Waals surface area contributed by atoms with E-state index in [-0.39, 0.29) is 122 Å². The molecule has 0 unspecified atom stereocenters. The first kappa shape index (κ1) is 65.6. The van der Waals surface area contributed by atoms with Gasteiger partial charge < -0.3 is 88.9 Å². The Bertz CT molecular complexity index is 3990. The average Bonchev–Trinajstić information content (AvgIpc) is 1.35. The first-order valence-electron chi connectivity index (χ1n) is 28.4. The lowest BCUT2D eigenvalue weighted by atomic mass is 9.73. The van der Waals surface area contributed by atoms with Crippen LogP contribution in [0.25, 0.3) is 0 Å². The van der Waals surface area contributed by atoms with Crippen molar-refractivity contribution in [1.29, 1.82) is 0 Å². The third-order valence-corrected chi connectivity index (χ3v) is 13.9. The predicted octanol–water partition coefficient (Wildman–Crippen LogP) is 3.88. The molecule has 0 aromatic carbocycles. The number of amides is 10. The molecule has 1 fully saturated rings. The van der Waals surface area contributed by atoms with Gasteiger partial charge in [-0.25, -0.2) is 24.5 Å². The molecular weight excluding hydrogens is 1190 g/mol. The van der Waals surface area contributed by atoms with Gasteiger partial charge in [0.2, 0.25) is 53.0 Å². The summed E-state index contributed by atoms with van der Waals surface area (Å²) in [7, 11) is 11.3. The Balaban J connectivity index is 0.799. The zero-order valence-electron chi connectivity index (χ0n) is 51.9. The van der Waals surface area contributed by atoms with Crippen LogP contribution in [-0.2, 0) is 87.6 Å². The minimum absolute atomic E-state index is 0.00246. The number of rotatable bonds is 24. The number of ether oxygens (including phenoxy) is 2. The van der Waals surface area contributed by atoms with Crippen molar-refractivity contribution in [3.8, 4) is 0 Å². The van der Waals surface area contributed by atoms with Gasteiger partial charge in [-0.05, 0) is 33.8 Å². The summed E-state index contributed by atoms with van der Waals surface area (Å²) in [6.07, 6.45) is 10.1. The number of likely N-dealkylation sites (tertiary alicyclic amines) is 1. The number of aryl methyl sites for hydroxylation is 7. The molecule has 34 nitrogen and oxygen atoms in total. The second-order valence-electron chi connectivity index (χ2n) is 22.8. The fourth-order valence-electron chi connectivity index (χ4n) is 9.64. The van der Waals surface area contributed by atoms with Gasteiger partial charge in [-0.2, -0.15) is 4.98 Å². The number of hydrogen-bond acceptors (Lipinski definition) is 17. The lowest BCUT2D eigenvalue weighted by Gasteiger charge is -2.49. The Kier molecular flexibility index (Phi) is 19.7. The van der Waals surface area contributed by atoms with E-state index >= 15 is 0 Å². The van der Waals surface area contributed by atoms with Crippen LogP contribution in [0.4, 0.5) is 56.9 Å². The Morgan fingerprint density at radius 1 is 0.484 bits per heavy atom. The quantitative estimate of drug-likeness (QED) is 0.0388. The van der Waals surface area contributed by atoms with E-state index in [1.807, 2.05) is 0 Å². The summed E-state index contributed by atoms with van der Waals surface area (Å²) in [5.74, 6) is -4.47. The topological polar surface area (TPSA) is 404 Å². The Labute approximate surface area is 519 Å². The summed E-state index contributed by atoms with van der Waals surface area (Å²) in [5.41, 5.74) is -0.761. The number of anilines is 9. The molecule has 8 rings (SSSR count). The number of carbonyl (C=O) groups is 11. The van der Waals surface area contributed by atoms with E-state index in [4.69, 9.17) is 9.47 Å². The van der Waals surface area contributed by atoms with Crippen molar-refractivity contribution in [2.24, 2.45) is 54.7 Å². The molecule has 0 radical (unpaired) electrons. The van der Waals surface area contributed by atoms with E-state index in [0.29, 0.717) is 11.5 Å². The molecule has 1 saturated heterocycles. The molecule has 0 atom stereocenters. The van der Waals surface area contributed by atoms with Gasteiger partial charge in [-0.3, -0.25) is 48.5 Å². The second kappa shape index (κ2) is 27.4. The summed E-state index contributed by atoms with van der Waals surface area (Å²) < 4.78 is 21.0. The molecule has 10 amide bonds. The normalized spacial score (nSPS) is 12.5. The minimum atomic E-state index is -1.07. The smallest absolute Gasteiger partial charge is 0.410 e. The first-order valence-corrected chi connectivity index (χ1v) is 28.4. The van der Waals surface area contributed by atoms with Crippen LogP contribution >= 0.6 is 0 Å². The Morgan fingerprint density at radius 2 is 0.956 bits per heavy atom. The molecule has 7 aromatic heterocycles. The summed E-state index contributed by atoms with van der Waals surface area (Å²) in [4.78, 5) is 162. The zero-order valence-corrected chi connectivity index (χ0v) is 51.9. The highest BCUT2D eigenvalue weighted by atomic mass is 16.6. The number of nitrogens with one attached hydrogen (secondary N) is 9. The highest BCUT2D eigenvalue weighted by molar-refractivity contribution is 6.06. The Morgan fingerprint density at radius 3 is 1.54 bits per heavy atom. The summed E-state index contributed by atoms with van der Waals surface area (Å²) >= 11 is 0. The number of hydrogen-bond donors (Lipinski definition) is 9. The molecule has 0 bridgehead atoms. The fraction of sp³-hybridized carbons (Fsp3) is 0.386. The van der Waals surface area contributed by atoms with Gasteiger partial charge in [0, 0.05) is 168 Å². The number of aromatic nitrogens is 11. The van der Waals surface area contributed by atoms with Crippen LogP contribution in [0, 0.1) is 5.41 Å². The molecule has 0 aliphatic carbocycles. The standard InChI is InChI=1S/C57H71N21O13/c1-12-90-53(88)49-65-38(28-76(49)10)66-50(85)35-19-32(24-72(35)6)59-41(79)13-16-44(82)70-54-67-37(29-77(54)11)63-45(83)22-57(30-78(31-57)55(89)91-56(2,3)4)23-46(84)69-40-21-34(26-74(40)8)61-52(87)48-64-36(27-75(48)9)62-42(80)14-15-43(81)68-39-20-33(25-73(39)7)60-51(86)47-58-17-18-71(47)5/h17-21,24-29H,12-16,22-23,30-31H2,1-11H3,(H,59,79)(H,60,86)(H,61,87)(H,62,80)(H,63,83)(H,66,85)(H,68,81)(H,69,84)(H,67,70,82). The largest absolute Gasteiger partial charge is 0.460 e. The van der Waals surface area contributed by atoms with E-state index in [2.05, 4.69) is 67.8 Å². The van der Waals surface area contributed by atoms with Crippen molar-refractivity contribution in [2.75, 3.05) is 67.5 Å². The van der Waals surface area contributed by atoms with E-state index in [9.17, 15) is 52.7 Å². The molecule has 0 saturated carbocycles. The summed E-state index contributed by atoms with van der Waals surface area (Å²) in [5, 5.41) is 24.2. The van der Waals surface area contributed by atoms with Crippen molar-refractivity contribution in [3.63, 3.8) is 0 Å². The molecule has 7 aromatic rings. The Hall–Kier alpha value is -11.4. The van der Waals surface area contributed by atoms with Crippen molar-refractivity contribution < 1.29 is 62.2 Å². The SMILES string of the molecule is CCOC(=O)c1nc(NC(=O)c2cc(NC(=O)CCC(=O)Nc3nc(NC(=O)CC4(CC(=O)Nc5cc(NC(=O)c6nc(NC(=O)CCC(=O)Nc7cc(NC(=O)c8nccn8C)cn7C)cn6C)cn5C)CN(C(=O)OC(C)(C)C)C4)cn3C)cn2C)cn1C. The molecule has 1 aliphatic rings. The van der Waals surface area contributed by atoms with E-state index in [0.717, 1.165) is 0 Å². The van der Waals surface area contributed by atoms with Gasteiger partial charge in [0.05, 0.1) is 23.7 Å². The molecule has 34 heteroatoms. The van der Waals surface area contributed by atoms with Crippen molar-refractivity contribution >= 4 is 117 Å². The van der Waals surface area contributed by atoms with Crippen molar-refractivity contribution in [1.82, 2.24) is 56.8 Å². The average molecular weight is 1260 g/mol. The van der Waals surface area contributed by atoms with Crippen LogP contribution in [0.1, 0.15) is 109 Å². The van der Waals surface area contributed by atoms with E-state index in [1.165, 1.54) is 66.3 Å². The van der Waals surface area contributed by atoms with Crippen molar-refractivity contribution in [3.05, 3.63) is 90.9 Å². The minimum Gasteiger partial charge on any atom is -0.460 e. The number of nitrogens with zero attached hydrogens (tertiary/aromatic N) is 12. The lowest BCUT2D eigenvalue weighted by Crippen LogP contribution is -2.61. The van der Waals surface area contributed by atoms with E-state index < -0.39 is 76.2 Å². The third-order valence-electron chi connectivity index (χ3n) is 13.9. The van der Waals surface area contributed by atoms with Crippen LogP contribution < -0.4 is 47.9 Å². The van der Waals surface area contributed by atoms with Gasteiger partial charge in [0.1, 0.15) is 22.9 Å². The highest BCUT2D eigenvalue weighted by Crippen LogP contribution is 2.39. The predicted molar refractivity (Wildman–Crippen MR) is 329 cm³/mol. The van der Waals surface area contributed by atoms with Crippen LogP contribution in [0.5, 0.6) is 0 Å². The van der Waals surface area contributed by atoms with Crippen LogP contribution in [0.3, 0.4) is 0 Å². The second-order valence-corrected chi connectivity index (χ2v) is 22.8. The zero-order chi connectivity index (χ0) is 66.2. The number of carbonyl (C=O) groups excluding carboxylic acids is 11. The van der Waals surface area contributed by atoms with Gasteiger partial charge in [0.15, 0.2) is 23.3 Å². The van der Waals surface area contributed by atoms with Crippen LogP contribution in [0.15, 0.2) is 67.8 Å². The maximum atomic E-state index is 13.9. The number of imidazole rings is 4. The molecule has 1 aliphatic heterocycles. The van der Waals surface area contributed by atoms with Crippen LogP contribution in [-0.4, -0.2) is 147 Å². The maximum Gasteiger partial charge on any atom is 0.410 e. The molecule has 91 heavy (non-hydrogen) atoms. The molecule has 9 N–H and O–H groups in total. The summed E-state index contributed by atoms with van der Waals surface area (Å²) in [6.45, 7) is 6.90. The maximum absolute atomic E-state index is 13.9. The van der Waals surface area contributed by atoms with Crippen molar-refractivity contribution in [2.45, 2.75) is 71.8 Å². The number of esters is 1. The third kappa shape index (κ3) is 17.0. The lowest BCUT2D eigenvalue weighted by molar-refractivity contribution is -0.128. The summed E-state index contributed by atoms with van der Waals surface area (Å²) in [6, 6.07) is 4.50. The molecular formula is C57H71N21O13. The van der Waals surface area contributed by atoms with Gasteiger partial charge >= 0.3 is 12.1 Å². The van der Waals surface area contributed by atoms with Gasteiger partial charge in [0.25, 0.3) is 17.7 Å². The first-order chi connectivity index (χ1) is 42.9. The van der Waals surface area contributed by atoms with Gasteiger partial charge in [-0.1, -0.05) is 0 Å². The highest BCUT2D eigenvalue weighted by Gasteiger charge is 2.49.